The number of piperidine rings is 1. The summed E-state index contributed by atoms with van der Waals surface area (Å²) in [6.45, 7) is 4.80. The molecule has 2 aliphatic heterocycles. The average Bonchev–Trinajstić information content (AvgIpc) is 3.61. The van der Waals surface area contributed by atoms with Crippen molar-refractivity contribution < 1.29 is 14.1 Å². The summed E-state index contributed by atoms with van der Waals surface area (Å²) in [5.41, 5.74) is 1.01. The van der Waals surface area contributed by atoms with Crippen molar-refractivity contribution in [2.45, 2.75) is 19.4 Å². The minimum Gasteiger partial charge on any atom is -0.340 e. The summed E-state index contributed by atoms with van der Waals surface area (Å²) < 4.78 is 5.42. The van der Waals surface area contributed by atoms with Gasteiger partial charge in [-0.15, -0.1) is 11.3 Å². The predicted octanol–water partition coefficient (Wildman–Crippen LogP) is 3.39. The Hall–Kier alpha value is -3.30. The van der Waals surface area contributed by atoms with Crippen molar-refractivity contribution in [2.75, 3.05) is 39.3 Å². The van der Waals surface area contributed by atoms with Gasteiger partial charge >= 0.3 is 0 Å². The first kappa shape index (κ1) is 23.4. The summed E-state index contributed by atoms with van der Waals surface area (Å²) in [5.74, 6) is 1.45. The van der Waals surface area contributed by atoms with Gasteiger partial charge in [0.2, 0.25) is 23.5 Å². The van der Waals surface area contributed by atoms with Crippen LogP contribution in [0.1, 0.15) is 24.3 Å². The van der Waals surface area contributed by atoms with Gasteiger partial charge in [0.1, 0.15) is 0 Å². The number of carbonyl (C=O) groups excluding carboxylic acids is 2. The van der Waals surface area contributed by atoms with Gasteiger partial charge in [0.05, 0.1) is 11.4 Å². The van der Waals surface area contributed by atoms with E-state index >= 15 is 0 Å². The summed E-state index contributed by atoms with van der Waals surface area (Å²) >= 11 is 1.59. The van der Waals surface area contributed by atoms with Crippen molar-refractivity contribution in [1.29, 1.82) is 0 Å². The van der Waals surface area contributed by atoms with Crippen LogP contribution in [0.2, 0.25) is 0 Å². The lowest BCUT2D eigenvalue weighted by Crippen LogP contribution is -2.51. The highest BCUT2D eigenvalue weighted by Crippen LogP contribution is 2.23. The number of rotatable bonds is 6. The number of benzene rings is 1. The summed E-state index contributed by atoms with van der Waals surface area (Å²) in [4.78, 5) is 37.2. The lowest BCUT2D eigenvalue weighted by Gasteiger charge is -2.38. The highest BCUT2D eigenvalue weighted by molar-refractivity contribution is 7.13. The van der Waals surface area contributed by atoms with Gasteiger partial charge in [-0.1, -0.05) is 41.6 Å². The molecule has 2 aliphatic rings. The van der Waals surface area contributed by atoms with Gasteiger partial charge in [-0.2, -0.15) is 4.98 Å². The number of aromatic nitrogens is 2. The number of hydrogen-bond acceptors (Lipinski definition) is 7. The van der Waals surface area contributed by atoms with E-state index in [2.05, 4.69) is 15.0 Å². The second-order valence-corrected chi connectivity index (χ2v) is 9.88. The Bertz CT molecular complexity index is 1140. The van der Waals surface area contributed by atoms with E-state index in [1.165, 1.54) is 0 Å². The van der Waals surface area contributed by atoms with Crippen LogP contribution < -0.4 is 0 Å². The number of piperazine rings is 1. The maximum absolute atomic E-state index is 13.1. The standard InChI is InChI=1S/C26H29N5O3S/c32-24(9-8-20-5-2-1-3-6-20)30-12-10-21(11-13-30)26(33)31-16-14-29(15-17-31)19-23-27-25(28-34-23)22-7-4-18-35-22/h1-9,18,21H,10-17,19H2/b9-8+. The average molecular weight is 492 g/mol. The molecule has 2 aromatic heterocycles. The van der Waals surface area contributed by atoms with Crippen LogP contribution in [0.25, 0.3) is 16.8 Å². The van der Waals surface area contributed by atoms with Gasteiger partial charge in [0, 0.05) is 51.3 Å². The van der Waals surface area contributed by atoms with E-state index in [9.17, 15) is 9.59 Å². The highest BCUT2D eigenvalue weighted by atomic mass is 32.1. The first-order chi connectivity index (χ1) is 17.2. The van der Waals surface area contributed by atoms with Crippen molar-refractivity contribution in [3.05, 3.63) is 65.4 Å². The smallest absolute Gasteiger partial charge is 0.246 e. The minimum atomic E-state index is -0.00648. The van der Waals surface area contributed by atoms with Crippen LogP contribution in [0.3, 0.4) is 0 Å². The molecule has 3 aromatic rings. The van der Waals surface area contributed by atoms with Crippen LogP contribution in [0.4, 0.5) is 0 Å². The molecular formula is C26H29N5O3S. The minimum absolute atomic E-state index is 0.00648. The number of thiophene rings is 1. The number of carbonyl (C=O) groups is 2. The van der Waals surface area contributed by atoms with Gasteiger partial charge < -0.3 is 14.3 Å². The maximum atomic E-state index is 13.1. The van der Waals surface area contributed by atoms with E-state index in [4.69, 9.17) is 4.52 Å². The number of hydrogen-bond donors (Lipinski definition) is 0. The molecule has 2 amide bonds. The normalized spacial score (nSPS) is 17.8. The van der Waals surface area contributed by atoms with E-state index in [0.717, 1.165) is 36.4 Å². The summed E-state index contributed by atoms with van der Waals surface area (Å²) in [6, 6.07) is 13.7. The maximum Gasteiger partial charge on any atom is 0.246 e. The zero-order chi connectivity index (χ0) is 24.0. The SMILES string of the molecule is O=C(/C=C/c1ccccc1)N1CCC(C(=O)N2CCN(Cc3nc(-c4cccs4)no3)CC2)CC1. The number of amides is 2. The molecular weight excluding hydrogens is 462 g/mol. The molecule has 35 heavy (non-hydrogen) atoms. The Morgan fingerprint density at radius 3 is 2.46 bits per heavy atom. The molecule has 0 bridgehead atoms. The number of nitrogens with zero attached hydrogens (tertiary/aromatic N) is 5. The van der Waals surface area contributed by atoms with E-state index in [-0.39, 0.29) is 17.7 Å². The fraction of sp³-hybridized carbons (Fsp3) is 0.385. The van der Waals surface area contributed by atoms with Gasteiger partial charge in [-0.25, -0.2) is 0 Å². The van der Waals surface area contributed by atoms with E-state index in [1.54, 1.807) is 17.4 Å². The van der Waals surface area contributed by atoms with Crippen LogP contribution in [0.5, 0.6) is 0 Å². The molecule has 1 aromatic carbocycles. The van der Waals surface area contributed by atoms with Crippen LogP contribution in [-0.4, -0.2) is 75.9 Å². The molecule has 0 spiro atoms. The van der Waals surface area contributed by atoms with Gasteiger partial charge in [-0.3, -0.25) is 14.5 Å². The lowest BCUT2D eigenvalue weighted by atomic mass is 9.95. The van der Waals surface area contributed by atoms with Crippen LogP contribution in [-0.2, 0) is 16.1 Å². The number of likely N-dealkylation sites (tertiary alicyclic amines) is 1. The van der Waals surface area contributed by atoms with Gasteiger partial charge in [0.15, 0.2) is 0 Å². The molecule has 0 unspecified atom stereocenters. The Labute approximate surface area is 208 Å². The molecule has 0 atom stereocenters. The Morgan fingerprint density at radius 1 is 0.971 bits per heavy atom. The van der Waals surface area contributed by atoms with Crippen molar-refractivity contribution in [1.82, 2.24) is 24.8 Å². The monoisotopic (exact) mass is 491 g/mol. The molecule has 5 rings (SSSR count). The third-order valence-corrected chi connectivity index (χ3v) is 7.49. The van der Waals surface area contributed by atoms with Crippen LogP contribution >= 0.6 is 11.3 Å². The summed E-state index contributed by atoms with van der Waals surface area (Å²) in [7, 11) is 0. The predicted molar refractivity (Wildman–Crippen MR) is 134 cm³/mol. The fourth-order valence-corrected chi connectivity index (χ4v) is 5.23. The van der Waals surface area contributed by atoms with Crippen molar-refractivity contribution >= 4 is 29.2 Å². The van der Waals surface area contributed by atoms with Crippen LogP contribution in [0, 0.1) is 5.92 Å². The first-order valence-corrected chi connectivity index (χ1v) is 12.9. The quantitative estimate of drug-likeness (QED) is 0.492. The van der Waals surface area contributed by atoms with Gasteiger partial charge in [-0.05, 0) is 35.9 Å². The molecule has 0 N–H and O–H groups in total. The van der Waals surface area contributed by atoms with Crippen molar-refractivity contribution in [3.8, 4) is 10.7 Å². The molecule has 8 nitrogen and oxygen atoms in total. The molecule has 0 radical (unpaired) electrons. The highest BCUT2D eigenvalue weighted by Gasteiger charge is 2.31. The summed E-state index contributed by atoms with van der Waals surface area (Å²) in [6.07, 6.45) is 4.91. The molecule has 9 heteroatoms. The third-order valence-electron chi connectivity index (χ3n) is 6.63. The lowest BCUT2D eigenvalue weighted by molar-refractivity contribution is -0.141. The molecule has 182 valence electrons. The Balaban J connectivity index is 1.05. The molecule has 2 saturated heterocycles. The fourth-order valence-electron chi connectivity index (χ4n) is 4.58. The van der Waals surface area contributed by atoms with E-state index in [0.29, 0.717) is 44.4 Å². The molecule has 4 heterocycles. The Kier molecular flexibility index (Phi) is 7.34. The third kappa shape index (κ3) is 5.86. The molecule has 0 aliphatic carbocycles. The molecule has 2 fully saturated rings. The van der Waals surface area contributed by atoms with E-state index < -0.39 is 0 Å². The topological polar surface area (TPSA) is 82.8 Å². The van der Waals surface area contributed by atoms with E-state index in [1.807, 2.05) is 63.7 Å². The van der Waals surface area contributed by atoms with Crippen molar-refractivity contribution in [3.63, 3.8) is 0 Å². The zero-order valence-corrected chi connectivity index (χ0v) is 20.4. The second-order valence-electron chi connectivity index (χ2n) is 8.93. The zero-order valence-electron chi connectivity index (χ0n) is 19.6. The summed E-state index contributed by atoms with van der Waals surface area (Å²) in [5, 5.41) is 6.07. The van der Waals surface area contributed by atoms with Gasteiger partial charge in [0.25, 0.3) is 0 Å². The molecule has 0 saturated carbocycles. The largest absolute Gasteiger partial charge is 0.340 e. The van der Waals surface area contributed by atoms with Crippen LogP contribution in [0.15, 0.2) is 58.4 Å². The van der Waals surface area contributed by atoms with Crippen molar-refractivity contribution in [2.24, 2.45) is 5.92 Å². The Morgan fingerprint density at radius 2 is 1.74 bits per heavy atom. The first-order valence-electron chi connectivity index (χ1n) is 12.1. The second kappa shape index (κ2) is 11.0.